The summed E-state index contributed by atoms with van der Waals surface area (Å²) in [6.45, 7) is 2.10. The van der Waals surface area contributed by atoms with E-state index in [4.69, 9.17) is 17.3 Å². The molecule has 1 saturated heterocycles. The number of thioether (sulfide) groups is 1. The number of thiocarbonyl (C=S) groups is 1. The SMILES string of the molecule is C/C(=C\c1ccccc1)C/C=C1\SC(=S)N(CCC(=O)Nc2ccc(O)c(C(=O)O)c2)C1=O. The lowest BCUT2D eigenvalue weighted by molar-refractivity contribution is -0.122. The molecular weight excluding hydrogens is 460 g/mol. The molecule has 9 heteroatoms. The lowest BCUT2D eigenvalue weighted by Gasteiger charge is -2.14. The van der Waals surface area contributed by atoms with Gasteiger partial charge in [0.15, 0.2) is 0 Å². The fraction of sp³-hybridized carbons (Fsp3) is 0.167. The number of aromatic carboxylic acids is 1. The summed E-state index contributed by atoms with van der Waals surface area (Å²) in [6, 6.07) is 13.7. The van der Waals surface area contributed by atoms with Gasteiger partial charge in [0.1, 0.15) is 15.6 Å². The topological polar surface area (TPSA) is 107 Å². The maximum absolute atomic E-state index is 12.7. The molecule has 0 radical (unpaired) electrons. The molecule has 1 aliphatic rings. The molecule has 1 aliphatic heterocycles. The third kappa shape index (κ3) is 6.53. The summed E-state index contributed by atoms with van der Waals surface area (Å²) < 4.78 is 0.390. The first kappa shape index (κ1) is 24.2. The summed E-state index contributed by atoms with van der Waals surface area (Å²) in [5.41, 5.74) is 2.11. The number of carboxylic acid groups (broad SMARTS) is 1. The Balaban J connectivity index is 1.56. The molecule has 1 heterocycles. The van der Waals surface area contributed by atoms with Gasteiger partial charge >= 0.3 is 5.97 Å². The normalized spacial score (nSPS) is 15.2. The second-order valence-corrected chi connectivity index (χ2v) is 9.01. The standard InChI is InChI=1S/C24H22N2O5S2/c1-15(13-16-5-3-2-4-6-16)7-10-20-22(29)26(24(32)33-20)12-11-21(28)25-17-8-9-19(27)18(14-17)23(30)31/h2-6,8-10,13-14,27H,7,11-12H2,1H3,(H,25,28)(H,30,31)/b15-13+,20-10-. The van der Waals surface area contributed by atoms with Crippen LogP contribution in [0.1, 0.15) is 35.7 Å². The quantitative estimate of drug-likeness (QED) is 0.285. The van der Waals surface area contributed by atoms with Gasteiger partial charge in [0.05, 0.1) is 4.91 Å². The Morgan fingerprint density at radius 3 is 2.61 bits per heavy atom. The Hall–Kier alpha value is -3.43. The van der Waals surface area contributed by atoms with Crippen molar-refractivity contribution in [3.8, 4) is 5.75 Å². The van der Waals surface area contributed by atoms with Crippen LogP contribution in [0, 0.1) is 0 Å². The molecule has 1 fully saturated rings. The fourth-order valence-electron chi connectivity index (χ4n) is 3.10. The predicted octanol–water partition coefficient (Wildman–Crippen LogP) is 4.66. The van der Waals surface area contributed by atoms with Gasteiger partial charge in [-0.3, -0.25) is 14.5 Å². The Bertz CT molecular complexity index is 1160. The highest BCUT2D eigenvalue weighted by molar-refractivity contribution is 8.26. The van der Waals surface area contributed by atoms with Gasteiger partial charge in [0.25, 0.3) is 5.91 Å². The Morgan fingerprint density at radius 1 is 1.18 bits per heavy atom. The molecule has 0 bridgehead atoms. The number of carboxylic acids is 1. The minimum absolute atomic E-state index is 0.0179. The van der Waals surface area contributed by atoms with Crippen molar-refractivity contribution in [2.75, 3.05) is 11.9 Å². The number of allylic oxidation sites excluding steroid dienone is 2. The number of hydrogen-bond donors (Lipinski definition) is 3. The van der Waals surface area contributed by atoms with E-state index in [2.05, 4.69) is 11.4 Å². The number of rotatable bonds is 8. The van der Waals surface area contributed by atoms with Crippen LogP contribution in [0.4, 0.5) is 5.69 Å². The fourth-order valence-corrected chi connectivity index (χ4v) is 4.38. The van der Waals surface area contributed by atoms with Crippen molar-refractivity contribution in [1.29, 1.82) is 0 Å². The zero-order valence-electron chi connectivity index (χ0n) is 17.8. The molecule has 0 atom stereocenters. The molecule has 3 N–H and O–H groups in total. The maximum atomic E-state index is 12.7. The van der Waals surface area contributed by atoms with Crippen LogP contribution in [0.5, 0.6) is 5.75 Å². The van der Waals surface area contributed by atoms with Crippen molar-refractivity contribution in [1.82, 2.24) is 4.90 Å². The molecule has 33 heavy (non-hydrogen) atoms. The Kier molecular flexibility index (Phi) is 8.02. The van der Waals surface area contributed by atoms with Crippen LogP contribution in [0.3, 0.4) is 0 Å². The van der Waals surface area contributed by atoms with Crippen LogP contribution in [-0.2, 0) is 9.59 Å². The highest BCUT2D eigenvalue weighted by Crippen LogP contribution is 2.32. The lowest BCUT2D eigenvalue weighted by atomic mass is 10.1. The van der Waals surface area contributed by atoms with Crippen molar-refractivity contribution in [2.24, 2.45) is 0 Å². The monoisotopic (exact) mass is 482 g/mol. The molecule has 2 aromatic carbocycles. The number of carbonyl (C=O) groups is 3. The third-order valence-corrected chi connectivity index (χ3v) is 6.20. The van der Waals surface area contributed by atoms with E-state index in [1.54, 1.807) is 0 Å². The number of nitrogens with zero attached hydrogens (tertiary/aromatic N) is 1. The first-order valence-corrected chi connectivity index (χ1v) is 11.3. The van der Waals surface area contributed by atoms with Crippen molar-refractivity contribution >= 4 is 57.8 Å². The van der Waals surface area contributed by atoms with E-state index < -0.39 is 17.6 Å². The van der Waals surface area contributed by atoms with Crippen LogP contribution in [0.25, 0.3) is 6.08 Å². The molecule has 0 aromatic heterocycles. The first-order chi connectivity index (χ1) is 15.7. The lowest BCUT2D eigenvalue weighted by Crippen LogP contribution is -2.31. The summed E-state index contributed by atoms with van der Waals surface area (Å²) >= 11 is 6.52. The molecular formula is C24H22N2O5S2. The van der Waals surface area contributed by atoms with Gasteiger partial charge in [-0.05, 0) is 37.1 Å². The van der Waals surface area contributed by atoms with E-state index >= 15 is 0 Å². The average molecular weight is 483 g/mol. The van der Waals surface area contributed by atoms with Crippen molar-refractivity contribution < 1.29 is 24.6 Å². The summed E-state index contributed by atoms with van der Waals surface area (Å²) in [4.78, 5) is 38.0. The number of carbonyl (C=O) groups excluding carboxylic acids is 2. The molecule has 0 spiro atoms. The number of phenols is 1. The number of nitrogens with one attached hydrogen (secondary N) is 1. The van der Waals surface area contributed by atoms with E-state index in [1.165, 1.54) is 34.9 Å². The zero-order valence-corrected chi connectivity index (χ0v) is 19.4. The number of aromatic hydroxyl groups is 1. The van der Waals surface area contributed by atoms with Crippen LogP contribution >= 0.6 is 24.0 Å². The summed E-state index contributed by atoms with van der Waals surface area (Å²) in [5, 5.41) is 21.2. The molecule has 2 aromatic rings. The Morgan fingerprint density at radius 2 is 1.91 bits per heavy atom. The molecule has 0 saturated carbocycles. The molecule has 3 rings (SSSR count). The van der Waals surface area contributed by atoms with E-state index in [0.717, 1.165) is 11.1 Å². The van der Waals surface area contributed by atoms with Gasteiger partial charge in [-0.25, -0.2) is 4.79 Å². The van der Waals surface area contributed by atoms with Crippen LogP contribution in [0.2, 0.25) is 0 Å². The Labute approximate surface area is 200 Å². The van der Waals surface area contributed by atoms with Gasteiger partial charge in [0.2, 0.25) is 5.91 Å². The number of anilines is 1. The second-order valence-electron chi connectivity index (χ2n) is 7.33. The minimum atomic E-state index is -1.30. The molecule has 170 valence electrons. The highest BCUT2D eigenvalue weighted by Gasteiger charge is 2.31. The summed E-state index contributed by atoms with van der Waals surface area (Å²) in [7, 11) is 0. The average Bonchev–Trinajstić information content (AvgIpc) is 3.05. The number of hydrogen-bond acceptors (Lipinski definition) is 6. The predicted molar refractivity (Wildman–Crippen MR) is 133 cm³/mol. The van der Waals surface area contributed by atoms with Gasteiger partial charge in [-0.1, -0.05) is 72.0 Å². The minimum Gasteiger partial charge on any atom is -0.507 e. The van der Waals surface area contributed by atoms with E-state index in [0.29, 0.717) is 15.6 Å². The summed E-state index contributed by atoms with van der Waals surface area (Å²) in [6.07, 6.45) is 4.49. The van der Waals surface area contributed by atoms with Gasteiger partial charge in [-0.2, -0.15) is 0 Å². The molecule has 0 aliphatic carbocycles. The van der Waals surface area contributed by atoms with Gasteiger partial charge < -0.3 is 15.5 Å². The van der Waals surface area contributed by atoms with E-state index in [-0.39, 0.29) is 30.1 Å². The van der Waals surface area contributed by atoms with E-state index in [1.807, 2.05) is 43.3 Å². The smallest absolute Gasteiger partial charge is 0.339 e. The number of benzene rings is 2. The number of amides is 2. The van der Waals surface area contributed by atoms with Gasteiger partial charge in [-0.15, -0.1) is 0 Å². The van der Waals surface area contributed by atoms with Crippen LogP contribution in [0.15, 0.2) is 65.1 Å². The second kappa shape index (κ2) is 10.9. The zero-order chi connectivity index (χ0) is 24.0. The first-order valence-electron chi connectivity index (χ1n) is 10.1. The van der Waals surface area contributed by atoms with Crippen molar-refractivity contribution in [3.63, 3.8) is 0 Å². The van der Waals surface area contributed by atoms with Crippen LogP contribution < -0.4 is 5.32 Å². The van der Waals surface area contributed by atoms with Crippen LogP contribution in [-0.4, -0.2) is 43.8 Å². The largest absolute Gasteiger partial charge is 0.507 e. The molecule has 7 nitrogen and oxygen atoms in total. The van der Waals surface area contributed by atoms with E-state index in [9.17, 15) is 19.5 Å². The van der Waals surface area contributed by atoms with Gasteiger partial charge in [0, 0.05) is 18.7 Å². The summed E-state index contributed by atoms with van der Waals surface area (Å²) in [5.74, 6) is -2.33. The molecule has 2 amide bonds. The van der Waals surface area contributed by atoms with Crippen molar-refractivity contribution in [2.45, 2.75) is 19.8 Å². The van der Waals surface area contributed by atoms with Crippen molar-refractivity contribution in [3.05, 3.63) is 76.2 Å². The highest BCUT2D eigenvalue weighted by atomic mass is 32.2. The third-order valence-electron chi connectivity index (χ3n) is 4.77. The molecule has 0 unspecified atom stereocenters. The maximum Gasteiger partial charge on any atom is 0.339 e.